The molecule has 0 saturated carbocycles. The number of aromatic amines is 1. The Bertz CT molecular complexity index is 1310. The summed E-state index contributed by atoms with van der Waals surface area (Å²) >= 11 is 0. The van der Waals surface area contributed by atoms with Gasteiger partial charge in [0.25, 0.3) is 0 Å². The third-order valence-corrected chi connectivity index (χ3v) is 5.18. The molecule has 4 aromatic rings. The van der Waals surface area contributed by atoms with Crippen molar-refractivity contribution in [3.63, 3.8) is 0 Å². The Morgan fingerprint density at radius 1 is 0.912 bits per heavy atom. The molecular formula is C23H17F7N4. The first-order valence-electron chi connectivity index (χ1n) is 10.0. The van der Waals surface area contributed by atoms with Gasteiger partial charge in [-0.3, -0.25) is 0 Å². The lowest BCUT2D eigenvalue weighted by molar-refractivity contribution is -0.143. The Morgan fingerprint density at radius 3 is 2.21 bits per heavy atom. The normalized spacial score (nSPS) is 12.4. The van der Waals surface area contributed by atoms with E-state index in [0.717, 1.165) is 16.5 Å². The minimum atomic E-state index is -4.95. The number of aryl methyl sites for hydroxylation is 1. The number of H-pyrrole nitrogens is 1. The molecule has 3 aromatic heterocycles. The van der Waals surface area contributed by atoms with Crippen molar-refractivity contribution in [3.05, 3.63) is 88.1 Å². The summed E-state index contributed by atoms with van der Waals surface area (Å²) in [5, 5.41) is 3.42. The number of hydrogen-bond acceptors (Lipinski definition) is 3. The third kappa shape index (κ3) is 5.13. The van der Waals surface area contributed by atoms with E-state index in [1.54, 1.807) is 12.4 Å². The van der Waals surface area contributed by atoms with Crippen molar-refractivity contribution in [1.29, 1.82) is 0 Å². The first-order chi connectivity index (χ1) is 15.9. The van der Waals surface area contributed by atoms with E-state index in [9.17, 15) is 30.7 Å². The number of anilines is 1. The molecule has 11 heteroatoms. The lowest BCUT2D eigenvalue weighted by Crippen LogP contribution is -2.13. The Labute approximate surface area is 188 Å². The number of aromatic nitrogens is 3. The summed E-state index contributed by atoms with van der Waals surface area (Å²) in [5.41, 5.74) is -0.437. The van der Waals surface area contributed by atoms with E-state index in [1.807, 2.05) is 13.0 Å². The second kappa shape index (κ2) is 8.62. The molecule has 0 fully saturated rings. The molecule has 0 atom stereocenters. The van der Waals surface area contributed by atoms with E-state index in [-0.39, 0.29) is 29.4 Å². The highest BCUT2D eigenvalue weighted by atomic mass is 19.4. The third-order valence-electron chi connectivity index (χ3n) is 5.18. The van der Waals surface area contributed by atoms with Crippen LogP contribution < -0.4 is 5.32 Å². The minimum absolute atomic E-state index is 0.0244. The Hall–Kier alpha value is -3.63. The molecule has 0 aliphatic rings. The molecule has 2 N–H and O–H groups in total. The van der Waals surface area contributed by atoms with E-state index >= 15 is 0 Å². The Morgan fingerprint density at radius 2 is 1.59 bits per heavy atom. The summed E-state index contributed by atoms with van der Waals surface area (Å²) in [5.74, 6) is -0.830. The van der Waals surface area contributed by atoms with Crippen LogP contribution in [-0.2, 0) is 25.3 Å². The molecular weight excluding hydrogens is 465 g/mol. The number of alkyl halides is 6. The van der Waals surface area contributed by atoms with Crippen LogP contribution in [0.3, 0.4) is 0 Å². The maximum atomic E-state index is 14.6. The van der Waals surface area contributed by atoms with Crippen LogP contribution in [0.25, 0.3) is 11.0 Å². The quantitative estimate of drug-likeness (QED) is 0.248. The van der Waals surface area contributed by atoms with E-state index in [0.29, 0.717) is 17.8 Å². The number of rotatable bonds is 5. The largest absolute Gasteiger partial charge is 0.416 e. The van der Waals surface area contributed by atoms with Crippen LogP contribution in [0.1, 0.15) is 33.4 Å². The predicted octanol–water partition coefficient (Wildman–Crippen LogP) is 6.65. The van der Waals surface area contributed by atoms with Gasteiger partial charge in [-0.15, -0.1) is 0 Å². The van der Waals surface area contributed by atoms with Gasteiger partial charge in [-0.05, 0) is 53.9 Å². The van der Waals surface area contributed by atoms with Gasteiger partial charge in [0.1, 0.15) is 11.5 Å². The summed E-state index contributed by atoms with van der Waals surface area (Å²) in [7, 11) is 0. The molecule has 1 aromatic carbocycles. The highest BCUT2D eigenvalue weighted by Crippen LogP contribution is 2.36. The van der Waals surface area contributed by atoms with E-state index in [4.69, 9.17) is 0 Å². The van der Waals surface area contributed by atoms with E-state index in [2.05, 4.69) is 20.3 Å². The summed E-state index contributed by atoms with van der Waals surface area (Å²) in [4.78, 5) is 11.0. The van der Waals surface area contributed by atoms with Crippen molar-refractivity contribution in [3.8, 4) is 0 Å². The first-order valence-corrected chi connectivity index (χ1v) is 10.0. The fourth-order valence-electron chi connectivity index (χ4n) is 3.52. The number of fused-ring (bicyclic) bond motifs is 1. The number of benzene rings is 1. The molecule has 0 saturated heterocycles. The topological polar surface area (TPSA) is 53.6 Å². The van der Waals surface area contributed by atoms with Crippen LogP contribution >= 0.6 is 0 Å². The average Bonchev–Trinajstić information content (AvgIpc) is 3.14. The zero-order valence-corrected chi connectivity index (χ0v) is 17.6. The number of pyridine rings is 2. The second-order valence-corrected chi connectivity index (χ2v) is 7.81. The van der Waals surface area contributed by atoms with E-state index in [1.165, 1.54) is 12.1 Å². The van der Waals surface area contributed by atoms with Gasteiger partial charge in [-0.25, -0.2) is 9.97 Å². The first kappa shape index (κ1) is 23.5. The summed E-state index contributed by atoms with van der Waals surface area (Å²) in [6.07, 6.45) is -6.26. The SMILES string of the molecule is Cc1cnc2[nH]cc(Cc3ccc(NCc4cc(C(F)(F)F)cc(C(F)(F)F)c4)nc3F)c2c1. The van der Waals surface area contributed by atoms with Crippen LogP contribution in [0, 0.1) is 12.9 Å². The average molecular weight is 482 g/mol. The summed E-state index contributed by atoms with van der Waals surface area (Å²) < 4.78 is 92.7. The fraction of sp³-hybridized carbons (Fsp3) is 0.217. The van der Waals surface area contributed by atoms with Crippen molar-refractivity contribution >= 4 is 16.9 Å². The highest BCUT2D eigenvalue weighted by molar-refractivity contribution is 5.80. The lowest BCUT2D eigenvalue weighted by Gasteiger charge is -2.15. The van der Waals surface area contributed by atoms with Crippen LogP contribution in [0.15, 0.2) is 48.8 Å². The monoisotopic (exact) mass is 482 g/mol. The molecule has 4 nitrogen and oxygen atoms in total. The smallest absolute Gasteiger partial charge is 0.366 e. The standard InChI is InChI=1S/C23H17F7N4/c1-12-4-18-15(11-33-21(18)32-9-12)7-14-2-3-19(34-20(14)24)31-10-13-5-16(22(25,26)27)8-17(6-13)23(28,29)30/h2-6,8-9,11H,7,10H2,1H3,(H,31,34)(H,32,33). The van der Waals surface area contributed by atoms with Crippen molar-refractivity contribution in [2.24, 2.45) is 0 Å². The van der Waals surface area contributed by atoms with Crippen molar-refractivity contribution in [1.82, 2.24) is 15.0 Å². The molecule has 0 bridgehead atoms. The minimum Gasteiger partial charge on any atom is -0.366 e. The molecule has 3 heterocycles. The number of nitrogens with one attached hydrogen (secondary N) is 2. The fourth-order valence-corrected chi connectivity index (χ4v) is 3.52. The van der Waals surface area contributed by atoms with E-state index < -0.39 is 36.0 Å². The molecule has 0 amide bonds. The summed E-state index contributed by atoms with van der Waals surface area (Å²) in [6, 6.07) is 6.06. The van der Waals surface area contributed by atoms with Crippen LogP contribution in [0.2, 0.25) is 0 Å². The van der Waals surface area contributed by atoms with Gasteiger partial charge < -0.3 is 10.3 Å². The zero-order chi connectivity index (χ0) is 24.7. The molecule has 0 unspecified atom stereocenters. The van der Waals surface area contributed by atoms with Gasteiger partial charge in [0.05, 0.1) is 11.1 Å². The molecule has 0 spiro atoms. The van der Waals surface area contributed by atoms with Gasteiger partial charge in [0.15, 0.2) is 0 Å². The molecule has 4 rings (SSSR count). The van der Waals surface area contributed by atoms with Crippen molar-refractivity contribution in [2.45, 2.75) is 32.2 Å². The van der Waals surface area contributed by atoms with Gasteiger partial charge in [0.2, 0.25) is 5.95 Å². The number of halogens is 7. The molecule has 0 aliphatic carbocycles. The van der Waals surface area contributed by atoms with Gasteiger partial charge >= 0.3 is 12.4 Å². The molecule has 0 radical (unpaired) electrons. The lowest BCUT2D eigenvalue weighted by atomic mass is 10.0. The van der Waals surface area contributed by atoms with Crippen molar-refractivity contribution in [2.75, 3.05) is 5.32 Å². The van der Waals surface area contributed by atoms with Crippen molar-refractivity contribution < 1.29 is 30.7 Å². The zero-order valence-electron chi connectivity index (χ0n) is 17.6. The van der Waals surface area contributed by atoms with Crippen LogP contribution in [0.5, 0.6) is 0 Å². The van der Waals surface area contributed by atoms with Crippen LogP contribution in [-0.4, -0.2) is 15.0 Å². The van der Waals surface area contributed by atoms with Gasteiger partial charge in [-0.2, -0.15) is 30.7 Å². The number of nitrogens with zero attached hydrogens (tertiary/aromatic N) is 2. The second-order valence-electron chi connectivity index (χ2n) is 7.81. The molecule has 0 aliphatic heterocycles. The summed E-state index contributed by atoms with van der Waals surface area (Å²) in [6.45, 7) is 1.47. The Balaban J connectivity index is 1.52. The molecule has 178 valence electrons. The van der Waals surface area contributed by atoms with Gasteiger partial charge in [-0.1, -0.05) is 6.07 Å². The predicted molar refractivity (Wildman–Crippen MR) is 112 cm³/mol. The Kier molecular flexibility index (Phi) is 5.96. The van der Waals surface area contributed by atoms with Gasteiger partial charge in [0, 0.05) is 36.3 Å². The highest BCUT2D eigenvalue weighted by Gasteiger charge is 2.36. The van der Waals surface area contributed by atoms with Crippen LogP contribution in [0.4, 0.5) is 36.6 Å². The molecule has 34 heavy (non-hydrogen) atoms. The maximum absolute atomic E-state index is 14.6. The maximum Gasteiger partial charge on any atom is 0.416 e. The number of hydrogen-bond donors (Lipinski definition) is 2.